The Morgan fingerprint density at radius 1 is 0.537 bits per heavy atom. The molecule has 2 heterocycles. The van der Waals surface area contributed by atoms with Gasteiger partial charge in [-0.05, 0) is 130 Å². The zero-order valence-corrected chi connectivity index (χ0v) is 38.4. The molecule has 0 saturated heterocycles. The zero-order valence-electron chi connectivity index (χ0n) is 37.4. The number of allylic oxidation sites excluding steroid dienone is 5. The SMILES string of the molecule is C1=CCC2C(=C1)c1cc(-c3ccccc3-c3cccc(N(c4ccc(-c5ccccc5)cc4)c4ccc5ccccc5c4)c3)ccc1N2c1cccc2oc3ccccc3c12.C=C/C=C\C.S. The molecule has 10 aromatic rings. The van der Waals surface area contributed by atoms with Crippen molar-refractivity contribution in [2.75, 3.05) is 9.80 Å². The Hall–Kier alpha value is -8.05. The van der Waals surface area contributed by atoms with Crippen molar-refractivity contribution < 1.29 is 4.42 Å². The molecule has 1 aromatic heterocycles. The first-order valence-corrected chi connectivity index (χ1v) is 22.8. The Balaban J connectivity index is 0.000000834. The molecule has 0 spiro atoms. The summed E-state index contributed by atoms with van der Waals surface area (Å²) in [6, 6.07) is 74.8. The van der Waals surface area contributed by atoms with Crippen LogP contribution in [0.4, 0.5) is 28.4 Å². The molecule has 324 valence electrons. The lowest BCUT2D eigenvalue weighted by molar-refractivity contribution is 0.669. The molecule has 0 N–H and O–H groups in total. The topological polar surface area (TPSA) is 19.6 Å². The number of anilines is 5. The van der Waals surface area contributed by atoms with Crippen LogP contribution in [0.1, 0.15) is 18.9 Å². The second-order valence-corrected chi connectivity index (χ2v) is 16.8. The molecular formula is C63H50N2OS. The molecule has 1 atom stereocenters. The van der Waals surface area contributed by atoms with Gasteiger partial charge in [0, 0.05) is 33.7 Å². The van der Waals surface area contributed by atoms with Crippen molar-refractivity contribution in [3.8, 4) is 33.4 Å². The lowest BCUT2D eigenvalue weighted by atomic mass is 9.90. The highest BCUT2D eigenvalue weighted by Gasteiger charge is 2.36. The second-order valence-electron chi connectivity index (χ2n) is 16.8. The van der Waals surface area contributed by atoms with E-state index in [1.54, 1.807) is 6.08 Å². The number of hydrogen-bond donors (Lipinski definition) is 0. The third-order valence-corrected chi connectivity index (χ3v) is 12.9. The maximum atomic E-state index is 6.36. The van der Waals surface area contributed by atoms with Crippen LogP contribution in [-0.2, 0) is 0 Å². The molecule has 3 nitrogen and oxygen atoms in total. The average Bonchev–Trinajstić information content (AvgIpc) is 3.93. The molecular weight excluding hydrogens is 833 g/mol. The summed E-state index contributed by atoms with van der Waals surface area (Å²) in [5.41, 5.74) is 17.4. The van der Waals surface area contributed by atoms with Crippen LogP contribution in [0.5, 0.6) is 0 Å². The summed E-state index contributed by atoms with van der Waals surface area (Å²) in [4.78, 5) is 4.92. The van der Waals surface area contributed by atoms with E-state index in [1.165, 1.54) is 66.5 Å². The van der Waals surface area contributed by atoms with E-state index >= 15 is 0 Å². The molecule has 0 amide bonds. The summed E-state index contributed by atoms with van der Waals surface area (Å²) >= 11 is 0. The van der Waals surface area contributed by atoms with E-state index in [0.29, 0.717) is 0 Å². The van der Waals surface area contributed by atoms with Crippen LogP contribution in [-0.4, -0.2) is 6.04 Å². The summed E-state index contributed by atoms with van der Waals surface area (Å²) in [5.74, 6) is 0. The molecule has 67 heavy (non-hydrogen) atoms. The lowest BCUT2D eigenvalue weighted by Crippen LogP contribution is -2.27. The molecule has 1 aliphatic heterocycles. The summed E-state index contributed by atoms with van der Waals surface area (Å²) in [7, 11) is 0. The molecule has 0 fully saturated rings. The molecule has 9 aromatic carbocycles. The van der Waals surface area contributed by atoms with Crippen LogP contribution >= 0.6 is 13.5 Å². The molecule has 1 aliphatic carbocycles. The molecule has 1 unspecified atom stereocenters. The Labute approximate surface area is 400 Å². The number of benzene rings is 9. The minimum atomic E-state index is 0. The maximum absolute atomic E-state index is 6.36. The number of hydrogen-bond acceptors (Lipinski definition) is 3. The normalized spacial score (nSPS) is 13.7. The van der Waals surface area contributed by atoms with Crippen molar-refractivity contribution in [1.82, 2.24) is 0 Å². The Morgan fingerprint density at radius 2 is 1.18 bits per heavy atom. The van der Waals surface area contributed by atoms with E-state index in [0.717, 1.165) is 45.6 Å². The van der Waals surface area contributed by atoms with Gasteiger partial charge in [-0.1, -0.05) is 183 Å². The Bertz CT molecular complexity index is 3510. The van der Waals surface area contributed by atoms with Gasteiger partial charge in [0.15, 0.2) is 0 Å². The van der Waals surface area contributed by atoms with E-state index in [-0.39, 0.29) is 19.5 Å². The van der Waals surface area contributed by atoms with E-state index in [9.17, 15) is 0 Å². The second kappa shape index (κ2) is 18.8. The Morgan fingerprint density at radius 3 is 1.97 bits per heavy atom. The van der Waals surface area contributed by atoms with Gasteiger partial charge in [-0.2, -0.15) is 13.5 Å². The molecule has 0 radical (unpaired) electrons. The third kappa shape index (κ3) is 8.07. The number of para-hydroxylation sites is 1. The monoisotopic (exact) mass is 882 g/mol. The van der Waals surface area contributed by atoms with Gasteiger partial charge in [0.2, 0.25) is 0 Å². The van der Waals surface area contributed by atoms with E-state index < -0.39 is 0 Å². The first kappa shape index (κ1) is 42.9. The molecule has 0 saturated carbocycles. The highest BCUT2D eigenvalue weighted by molar-refractivity contribution is 7.59. The standard InChI is InChI=1S/C58H40N2O.C5H8.H2S/c1-2-14-39(15-3-1)41-28-32-45(33-29-41)59(47-34-30-40-16-4-5-17-42(40)36-47)46-19-12-18-43(37-46)48-20-6-7-21-49(48)44-31-35-54-52(38-44)50-22-8-10-24-53(50)60(54)55-25-13-27-57-58(55)51-23-9-11-26-56(51)61-57;1-3-5-4-2;/h1-23,25-38,53H,24H2;3-5H,1H2,2H3;1H2/b;5-4-;. The number of rotatable bonds is 8. The molecule has 12 rings (SSSR count). The summed E-state index contributed by atoms with van der Waals surface area (Å²) in [5, 5.41) is 4.75. The predicted octanol–water partition coefficient (Wildman–Crippen LogP) is 17.9. The van der Waals surface area contributed by atoms with Crippen LogP contribution in [0, 0.1) is 0 Å². The first-order valence-electron chi connectivity index (χ1n) is 22.8. The lowest BCUT2D eigenvalue weighted by Gasteiger charge is -2.29. The minimum absolute atomic E-state index is 0. The van der Waals surface area contributed by atoms with Crippen LogP contribution in [0.3, 0.4) is 0 Å². The van der Waals surface area contributed by atoms with Crippen molar-refractivity contribution in [1.29, 1.82) is 0 Å². The first-order chi connectivity index (χ1) is 32.7. The van der Waals surface area contributed by atoms with Crippen molar-refractivity contribution in [3.05, 3.63) is 255 Å². The van der Waals surface area contributed by atoms with E-state index in [4.69, 9.17) is 4.42 Å². The van der Waals surface area contributed by atoms with Gasteiger partial charge in [0.1, 0.15) is 11.2 Å². The van der Waals surface area contributed by atoms with Gasteiger partial charge < -0.3 is 14.2 Å². The zero-order chi connectivity index (χ0) is 44.4. The van der Waals surface area contributed by atoms with Gasteiger partial charge >= 0.3 is 0 Å². The highest BCUT2D eigenvalue weighted by atomic mass is 32.1. The van der Waals surface area contributed by atoms with Gasteiger partial charge in [0.25, 0.3) is 0 Å². The largest absolute Gasteiger partial charge is 0.456 e. The molecule has 4 heteroatoms. The van der Waals surface area contributed by atoms with Gasteiger partial charge in [-0.25, -0.2) is 0 Å². The average molecular weight is 883 g/mol. The summed E-state index contributed by atoms with van der Waals surface area (Å²) < 4.78 is 6.36. The molecule has 0 bridgehead atoms. The van der Waals surface area contributed by atoms with Crippen molar-refractivity contribution in [2.45, 2.75) is 19.4 Å². The summed E-state index contributed by atoms with van der Waals surface area (Å²) in [6.45, 7) is 5.42. The fourth-order valence-corrected chi connectivity index (χ4v) is 9.83. The quantitative estimate of drug-likeness (QED) is 0.142. The summed E-state index contributed by atoms with van der Waals surface area (Å²) in [6.07, 6.45) is 13.3. The maximum Gasteiger partial charge on any atom is 0.137 e. The van der Waals surface area contributed by atoms with E-state index in [1.807, 2.05) is 25.1 Å². The highest BCUT2D eigenvalue weighted by Crippen LogP contribution is 2.51. The van der Waals surface area contributed by atoms with Gasteiger partial charge in [-0.3, -0.25) is 0 Å². The fourth-order valence-electron chi connectivity index (χ4n) is 9.83. The number of fused-ring (bicyclic) bond motifs is 7. The van der Waals surface area contributed by atoms with Crippen LogP contribution in [0.15, 0.2) is 254 Å². The van der Waals surface area contributed by atoms with Gasteiger partial charge in [0.05, 0.1) is 17.1 Å². The van der Waals surface area contributed by atoms with Crippen molar-refractivity contribution in [3.63, 3.8) is 0 Å². The fraction of sp³-hybridized carbons (Fsp3) is 0.0476. The van der Waals surface area contributed by atoms with Crippen LogP contribution < -0.4 is 9.80 Å². The predicted molar refractivity (Wildman–Crippen MR) is 292 cm³/mol. The van der Waals surface area contributed by atoms with Crippen molar-refractivity contribution in [2.24, 2.45) is 0 Å². The van der Waals surface area contributed by atoms with Crippen LogP contribution in [0.2, 0.25) is 0 Å². The van der Waals surface area contributed by atoms with Crippen molar-refractivity contribution >= 4 is 80.2 Å². The Kier molecular flexibility index (Phi) is 12.0. The molecule has 2 aliphatic rings. The van der Waals surface area contributed by atoms with Gasteiger partial charge in [-0.15, -0.1) is 0 Å². The number of nitrogens with zero attached hydrogens (tertiary/aromatic N) is 2. The third-order valence-electron chi connectivity index (χ3n) is 12.9. The van der Waals surface area contributed by atoms with E-state index in [2.05, 4.69) is 235 Å². The van der Waals surface area contributed by atoms with Crippen LogP contribution in [0.25, 0.3) is 71.7 Å². The minimum Gasteiger partial charge on any atom is -0.456 e. The smallest absolute Gasteiger partial charge is 0.137 e. The number of furan rings is 1.